The average molecular weight is 195 g/mol. The second-order valence-electron chi connectivity index (χ2n) is 3.73. The summed E-state index contributed by atoms with van der Waals surface area (Å²) in [5.41, 5.74) is 0. The predicted octanol–water partition coefficient (Wildman–Crippen LogP) is 2.78. The Morgan fingerprint density at radius 1 is 1.31 bits per heavy atom. The molecule has 0 spiro atoms. The van der Waals surface area contributed by atoms with E-state index >= 15 is 0 Å². The van der Waals surface area contributed by atoms with Crippen molar-refractivity contribution in [3.05, 3.63) is 22.4 Å². The van der Waals surface area contributed by atoms with Gasteiger partial charge in [-0.05, 0) is 56.8 Å². The predicted molar refractivity (Wildman–Crippen MR) is 58.3 cm³/mol. The molecule has 72 valence electrons. The number of aryl methyl sites for hydroxylation is 1. The fraction of sp³-hybridized carbons (Fsp3) is 0.636. The van der Waals surface area contributed by atoms with E-state index in [1.807, 2.05) is 11.3 Å². The maximum atomic E-state index is 2.59. The summed E-state index contributed by atoms with van der Waals surface area (Å²) in [5, 5.41) is 2.17. The topological polar surface area (TPSA) is 3.24 Å². The molecule has 0 aromatic carbocycles. The Kier molecular flexibility index (Phi) is 3.39. The minimum atomic E-state index is 1.27. The molecule has 0 saturated carbocycles. The van der Waals surface area contributed by atoms with Gasteiger partial charge in [0.15, 0.2) is 0 Å². The first kappa shape index (κ1) is 9.22. The molecule has 0 bridgehead atoms. The molecule has 1 aliphatic heterocycles. The van der Waals surface area contributed by atoms with Gasteiger partial charge in [0.05, 0.1) is 0 Å². The van der Waals surface area contributed by atoms with E-state index in [0.29, 0.717) is 0 Å². The molecular weight excluding hydrogens is 178 g/mol. The minimum absolute atomic E-state index is 1.27. The van der Waals surface area contributed by atoms with Crippen LogP contribution >= 0.6 is 11.3 Å². The molecule has 0 amide bonds. The molecule has 2 rings (SSSR count). The lowest BCUT2D eigenvalue weighted by Crippen LogP contribution is -2.20. The zero-order valence-corrected chi connectivity index (χ0v) is 8.85. The van der Waals surface area contributed by atoms with Gasteiger partial charge in [-0.15, -0.1) is 11.3 Å². The summed E-state index contributed by atoms with van der Waals surface area (Å²) in [6, 6.07) is 4.39. The molecule has 0 radical (unpaired) electrons. The summed E-state index contributed by atoms with van der Waals surface area (Å²) in [5.74, 6) is 0. The van der Waals surface area contributed by atoms with E-state index in [0.717, 1.165) is 0 Å². The number of hydrogen-bond donors (Lipinski definition) is 0. The van der Waals surface area contributed by atoms with Crippen LogP contribution in [0.3, 0.4) is 0 Å². The van der Waals surface area contributed by atoms with Gasteiger partial charge in [0, 0.05) is 4.88 Å². The van der Waals surface area contributed by atoms with Crippen LogP contribution in [0.15, 0.2) is 17.5 Å². The first-order valence-corrected chi connectivity index (χ1v) is 6.08. The van der Waals surface area contributed by atoms with E-state index in [9.17, 15) is 0 Å². The smallest absolute Gasteiger partial charge is 0.00457 e. The second kappa shape index (κ2) is 4.77. The first-order chi connectivity index (χ1) is 6.45. The lowest BCUT2D eigenvalue weighted by atomic mass is 10.2. The van der Waals surface area contributed by atoms with Gasteiger partial charge < -0.3 is 4.90 Å². The molecule has 13 heavy (non-hydrogen) atoms. The standard InChI is InChI=1S/C11H17NS/c1-2-8-12(7-1)9-3-5-11-6-4-10-13-11/h4,6,10H,1-3,5,7-9H2. The molecule has 2 heterocycles. The van der Waals surface area contributed by atoms with Crippen LogP contribution in [-0.2, 0) is 6.42 Å². The Hall–Kier alpha value is -0.340. The number of thiophene rings is 1. The number of rotatable bonds is 4. The third-order valence-corrected chi connectivity index (χ3v) is 3.61. The molecule has 0 aliphatic carbocycles. The van der Waals surface area contributed by atoms with Crippen molar-refractivity contribution in [3.63, 3.8) is 0 Å². The van der Waals surface area contributed by atoms with Crippen LogP contribution in [0.1, 0.15) is 24.1 Å². The fourth-order valence-corrected chi connectivity index (χ4v) is 2.69. The van der Waals surface area contributed by atoms with E-state index < -0.39 is 0 Å². The fourth-order valence-electron chi connectivity index (χ4n) is 1.94. The molecule has 2 heteroatoms. The highest BCUT2D eigenvalue weighted by molar-refractivity contribution is 7.09. The summed E-state index contributed by atoms with van der Waals surface area (Å²) in [4.78, 5) is 4.13. The Morgan fingerprint density at radius 3 is 2.85 bits per heavy atom. The summed E-state index contributed by atoms with van der Waals surface area (Å²) < 4.78 is 0. The zero-order chi connectivity index (χ0) is 8.93. The van der Waals surface area contributed by atoms with Crippen LogP contribution in [0.25, 0.3) is 0 Å². The van der Waals surface area contributed by atoms with Crippen molar-refractivity contribution < 1.29 is 0 Å². The molecule has 1 aromatic rings. The number of hydrogen-bond acceptors (Lipinski definition) is 2. The van der Waals surface area contributed by atoms with Crippen molar-refractivity contribution >= 4 is 11.3 Å². The molecule has 1 aromatic heterocycles. The van der Waals surface area contributed by atoms with Crippen LogP contribution in [0, 0.1) is 0 Å². The van der Waals surface area contributed by atoms with Gasteiger partial charge in [0.1, 0.15) is 0 Å². The van der Waals surface area contributed by atoms with E-state index in [-0.39, 0.29) is 0 Å². The van der Waals surface area contributed by atoms with Crippen molar-refractivity contribution in [2.75, 3.05) is 19.6 Å². The van der Waals surface area contributed by atoms with Gasteiger partial charge in [-0.1, -0.05) is 6.07 Å². The number of nitrogens with zero attached hydrogens (tertiary/aromatic N) is 1. The monoisotopic (exact) mass is 195 g/mol. The average Bonchev–Trinajstić information content (AvgIpc) is 2.75. The normalized spacial score (nSPS) is 18.2. The molecule has 0 unspecified atom stereocenters. The Morgan fingerprint density at radius 2 is 2.15 bits per heavy atom. The van der Waals surface area contributed by atoms with E-state index in [2.05, 4.69) is 22.4 Å². The molecule has 0 atom stereocenters. The molecule has 1 aliphatic rings. The lowest BCUT2D eigenvalue weighted by Gasteiger charge is -2.13. The lowest BCUT2D eigenvalue weighted by molar-refractivity contribution is 0.334. The van der Waals surface area contributed by atoms with Gasteiger partial charge in [-0.25, -0.2) is 0 Å². The molecular formula is C11H17NS. The third kappa shape index (κ3) is 2.82. The van der Waals surface area contributed by atoms with Crippen molar-refractivity contribution in [2.45, 2.75) is 25.7 Å². The number of likely N-dealkylation sites (tertiary alicyclic amines) is 1. The molecule has 0 N–H and O–H groups in total. The highest BCUT2D eigenvalue weighted by atomic mass is 32.1. The summed E-state index contributed by atoms with van der Waals surface area (Å²) in [7, 11) is 0. The quantitative estimate of drug-likeness (QED) is 0.714. The maximum Gasteiger partial charge on any atom is 0.00457 e. The largest absolute Gasteiger partial charge is 0.303 e. The van der Waals surface area contributed by atoms with Crippen LogP contribution in [-0.4, -0.2) is 24.5 Å². The van der Waals surface area contributed by atoms with Gasteiger partial charge in [0.2, 0.25) is 0 Å². The summed E-state index contributed by atoms with van der Waals surface area (Å²) >= 11 is 1.89. The van der Waals surface area contributed by atoms with Crippen LogP contribution in [0.5, 0.6) is 0 Å². The Balaban J connectivity index is 1.63. The van der Waals surface area contributed by atoms with E-state index in [1.54, 1.807) is 4.88 Å². The molecule has 1 fully saturated rings. The Bertz CT molecular complexity index is 224. The SMILES string of the molecule is c1csc(CCCN2CCCC2)c1. The summed E-state index contributed by atoms with van der Waals surface area (Å²) in [6.45, 7) is 3.98. The van der Waals surface area contributed by atoms with Gasteiger partial charge in [-0.3, -0.25) is 0 Å². The third-order valence-electron chi connectivity index (χ3n) is 2.68. The molecule has 1 saturated heterocycles. The van der Waals surface area contributed by atoms with Crippen molar-refractivity contribution in [1.82, 2.24) is 4.90 Å². The van der Waals surface area contributed by atoms with Gasteiger partial charge in [-0.2, -0.15) is 0 Å². The van der Waals surface area contributed by atoms with Crippen molar-refractivity contribution in [1.29, 1.82) is 0 Å². The van der Waals surface area contributed by atoms with Crippen LogP contribution in [0.4, 0.5) is 0 Å². The molecule has 1 nitrogen and oxygen atoms in total. The van der Waals surface area contributed by atoms with E-state index in [1.165, 1.54) is 45.3 Å². The highest BCUT2D eigenvalue weighted by Crippen LogP contribution is 2.13. The summed E-state index contributed by atoms with van der Waals surface area (Å²) in [6.07, 6.45) is 5.44. The van der Waals surface area contributed by atoms with Gasteiger partial charge >= 0.3 is 0 Å². The van der Waals surface area contributed by atoms with Crippen LogP contribution < -0.4 is 0 Å². The maximum absolute atomic E-state index is 2.59. The van der Waals surface area contributed by atoms with Crippen LogP contribution in [0.2, 0.25) is 0 Å². The van der Waals surface area contributed by atoms with E-state index in [4.69, 9.17) is 0 Å². The van der Waals surface area contributed by atoms with Crippen molar-refractivity contribution in [2.24, 2.45) is 0 Å². The second-order valence-corrected chi connectivity index (χ2v) is 4.76. The minimum Gasteiger partial charge on any atom is -0.303 e. The highest BCUT2D eigenvalue weighted by Gasteiger charge is 2.10. The zero-order valence-electron chi connectivity index (χ0n) is 8.04. The first-order valence-electron chi connectivity index (χ1n) is 5.20. The van der Waals surface area contributed by atoms with Crippen molar-refractivity contribution in [3.8, 4) is 0 Å². The van der Waals surface area contributed by atoms with Gasteiger partial charge in [0.25, 0.3) is 0 Å². The Labute approximate surface area is 84.4 Å².